The fourth-order valence-electron chi connectivity index (χ4n) is 4.72. The summed E-state index contributed by atoms with van der Waals surface area (Å²) in [6, 6.07) is 0.418. The topological polar surface area (TPSA) is 46.3 Å². The Bertz CT molecular complexity index is 314. The SMILES string of the molecule is NC1CCN(C2C3C4CCC(C4)C32)C1=O. The number of rotatable bonds is 1. The molecule has 1 saturated heterocycles. The third-order valence-electron chi connectivity index (χ3n) is 5.34. The van der Waals surface area contributed by atoms with Gasteiger partial charge in [-0.2, -0.15) is 0 Å². The average molecular weight is 206 g/mol. The summed E-state index contributed by atoms with van der Waals surface area (Å²) in [5, 5.41) is 0. The van der Waals surface area contributed by atoms with E-state index in [0.717, 1.165) is 36.6 Å². The average Bonchev–Trinajstić information content (AvgIpc) is 2.60. The molecule has 1 aliphatic heterocycles. The molecule has 3 saturated carbocycles. The molecule has 0 aromatic rings. The zero-order valence-electron chi connectivity index (χ0n) is 8.93. The summed E-state index contributed by atoms with van der Waals surface area (Å²) < 4.78 is 0. The third kappa shape index (κ3) is 0.930. The Morgan fingerprint density at radius 3 is 2.33 bits per heavy atom. The van der Waals surface area contributed by atoms with Crippen LogP contribution >= 0.6 is 0 Å². The summed E-state index contributed by atoms with van der Waals surface area (Å²) in [6.45, 7) is 0.928. The number of fused-ring (bicyclic) bond motifs is 5. The molecule has 4 fully saturated rings. The van der Waals surface area contributed by atoms with Crippen molar-refractivity contribution >= 4 is 5.91 Å². The number of nitrogens with zero attached hydrogens (tertiary/aromatic N) is 1. The minimum Gasteiger partial charge on any atom is -0.338 e. The highest BCUT2D eigenvalue weighted by atomic mass is 16.2. The fourth-order valence-corrected chi connectivity index (χ4v) is 4.72. The van der Waals surface area contributed by atoms with E-state index in [0.29, 0.717) is 6.04 Å². The summed E-state index contributed by atoms with van der Waals surface area (Å²) in [4.78, 5) is 14.0. The smallest absolute Gasteiger partial charge is 0.239 e. The van der Waals surface area contributed by atoms with Crippen LogP contribution in [0.1, 0.15) is 25.7 Å². The Hall–Kier alpha value is -0.570. The molecule has 15 heavy (non-hydrogen) atoms. The second-order valence-corrected chi connectivity index (χ2v) is 5.91. The zero-order valence-corrected chi connectivity index (χ0v) is 8.93. The van der Waals surface area contributed by atoms with Crippen LogP contribution in [0.25, 0.3) is 0 Å². The maximum Gasteiger partial charge on any atom is 0.239 e. The van der Waals surface area contributed by atoms with Crippen molar-refractivity contribution in [2.24, 2.45) is 29.4 Å². The maximum atomic E-state index is 11.9. The molecule has 82 valence electrons. The number of amides is 1. The molecule has 2 bridgehead atoms. The van der Waals surface area contributed by atoms with Gasteiger partial charge in [-0.05, 0) is 49.4 Å². The monoisotopic (exact) mass is 206 g/mol. The summed E-state index contributed by atoms with van der Waals surface area (Å²) in [6.07, 6.45) is 5.19. The Morgan fingerprint density at radius 1 is 1.13 bits per heavy atom. The van der Waals surface area contributed by atoms with Crippen LogP contribution < -0.4 is 5.73 Å². The zero-order chi connectivity index (χ0) is 10.2. The first kappa shape index (κ1) is 8.57. The van der Waals surface area contributed by atoms with E-state index in [1.807, 2.05) is 0 Å². The van der Waals surface area contributed by atoms with Crippen molar-refractivity contribution in [3.63, 3.8) is 0 Å². The fraction of sp³-hybridized carbons (Fsp3) is 0.917. The third-order valence-corrected chi connectivity index (χ3v) is 5.34. The lowest BCUT2D eigenvalue weighted by Crippen LogP contribution is -2.37. The molecular formula is C12H18N2O. The van der Waals surface area contributed by atoms with Gasteiger partial charge >= 0.3 is 0 Å². The van der Waals surface area contributed by atoms with Crippen LogP contribution in [0.3, 0.4) is 0 Å². The van der Waals surface area contributed by atoms with E-state index < -0.39 is 0 Å². The normalized spacial score (nSPS) is 56.3. The van der Waals surface area contributed by atoms with Gasteiger partial charge in [0.05, 0.1) is 6.04 Å². The highest BCUT2D eigenvalue weighted by molar-refractivity contribution is 5.84. The van der Waals surface area contributed by atoms with Gasteiger partial charge in [0.1, 0.15) is 0 Å². The molecule has 3 heteroatoms. The summed E-state index contributed by atoms with van der Waals surface area (Å²) >= 11 is 0. The van der Waals surface area contributed by atoms with E-state index in [1.165, 1.54) is 19.3 Å². The van der Waals surface area contributed by atoms with E-state index in [-0.39, 0.29) is 11.9 Å². The molecule has 4 rings (SSSR count). The van der Waals surface area contributed by atoms with Gasteiger partial charge in [0.25, 0.3) is 0 Å². The van der Waals surface area contributed by atoms with Gasteiger partial charge in [0, 0.05) is 12.6 Å². The Kier molecular flexibility index (Phi) is 1.47. The number of carbonyl (C=O) groups excluding carboxylic acids is 1. The number of hydrogen-bond donors (Lipinski definition) is 1. The number of likely N-dealkylation sites (tertiary alicyclic amines) is 1. The van der Waals surface area contributed by atoms with Gasteiger partial charge in [-0.15, -0.1) is 0 Å². The van der Waals surface area contributed by atoms with Crippen LogP contribution in [0.2, 0.25) is 0 Å². The van der Waals surface area contributed by atoms with E-state index in [1.54, 1.807) is 0 Å². The highest BCUT2D eigenvalue weighted by Crippen LogP contribution is 2.67. The van der Waals surface area contributed by atoms with Crippen molar-refractivity contribution in [1.29, 1.82) is 0 Å². The highest BCUT2D eigenvalue weighted by Gasteiger charge is 2.67. The first-order valence-electron chi connectivity index (χ1n) is 6.33. The van der Waals surface area contributed by atoms with Crippen molar-refractivity contribution in [2.45, 2.75) is 37.8 Å². The van der Waals surface area contributed by atoms with Crippen LogP contribution in [0.5, 0.6) is 0 Å². The Labute approximate surface area is 90.0 Å². The predicted octanol–water partition coefficient (Wildman–Crippen LogP) is 0.590. The molecule has 5 unspecified atom stereocenters. The molecule has 0 spiro atoms. The molecule has 4 aliphatic rings. The lowest BCUT2D eigenvalue weighted by Gasteiger charge is -2.20. The molecule has 1 amide bonds. The molecule has 2 N–H and O–H groups in total. The van der Waals surface area contributed by atoms with Crippen molar-refractivity contribution in [2.75, 3.05) is 6.54 Å². The van der Waals surface area contributed by atoms with Crippen LogP contribution in [0.4, 0.5) is 0 Å². The first-order valence-corrected chi connectivity index (χ1v) is 6.33. The van der Waals surface area contributed by atoms with Crippen molar-refractivity contribution < 1.29 is 4.79 Å². The molecule has 3 nitrogen and oxygen atoms in total. The lowest BCUT2D eigenvalue weighted by molar-refractivity contribution is -0.129. The maximum absolute atomic E-state index is 11.9. The second-order valence-electron chi connectivity index (χ2n) is 5.91. The molecule has 0 radical (unpaired) electrons. The largest absolute Gasteiger partial charge is 0.338 e. The van der Waals surface area contributed by atoms with Gasteiger partial charge in [-0.3, -0.25) is 4.79 Å². The van der Waals surface area contributed by atoms with E-state index in [2.05, 4.69) is 4.90 Å². The minimum atomic E-state index is -0.191. The van der Waals surface area contributed by atoms with Gasteiger partial charge < -0.3 is 10.6 Å². The summed E-state index contributed by atoms with van der Waals surface area (Å²) in [5.74, 6) is 3.88. The van der Waals surface area contributed by atoms with Crippen molar-refractivity contribution in [3.8, 4) is 0 Å². The standard InChI is InChI=1S/C12H18N2O/c13-8-3-4-14(12(8)15)11-9-6-1-2-7(5-6)10(9)11/h6-11H,1-5,13H2. The number of nitrogens with two attached hydrogens (primary N) is 1. The van der Waals surface area contributed by atoms with Crippen LogP contribution in [-0.2, 0) is 4.79 Å². The van der Waals surface area contributed by atoms with Gasteiger partial charge in [0.15, 0.2) is 0 Å². The summed E-state index contributed by atoms with van der Waals surface area (Å²) in [7, 11) is 0. The van der Waals surface area contributed by atoms with Crippen LogP contribution in [0.15, 0.2) is 0 Å². The first-order chi connectivity index (χ1) is 7.27. The number of carbonyl (C=O) groups is 1. The minimum absolute atomic E-state index is 0.191. The summed E-state index contributed by atoms with van der Waals surface area (Å²) in [5.41, 5.74) is 5.78. The van der Waals surface area contributed by atoms with Crippen LogP contribution in [0, 0.1) is 23.7 Å². The van der Waals surface area contributed by atoms with E-state index in [9.17, 15) is 4.79 Å². The molecule has 0 aromatic carbocycles. The van der Waals surface area contributed by atoms with E-state index >= 15 is 0 Å². The Morgan fingerprint density at radius 2 is 1.80 bits per heavy atom. The lowest BCUT2D eigenvalue weighted by atomic mass is 10.0. The quantitative estimate of drug-likeness (QED) is 0.682. The molecule has 0 aromatic heterocycles. The molecule has 3 aliphatic carbocycles. The molecular weight excluding hydrogens is 188 g/mol. The molecule has 1 heterocycles. The Balaban J connectivity index is 1.56. The van der Waals surface area contributed by atoms with Gasteiger partial charge in [-0.1, -0.05) is 0 Å². The van der Waals surface area contributed by atoms with Crippen molar-refractivity contribution in [3.05, 3.63) is 0 Å². The van der Waals surface area contributed by atoms with Gasteiger partial charge in [0.2, 0.25) is 5.91 Å². The predicted molar refractivity (Wildman–Crippen MR) is 55.9 cm³/mol. The number of hydrogen-bond acceptors (Lipinski definition) is 2. The van der Waals surface area contributed by atoms with E-state index in [4.69, 9.17) is 5.73 Å². The molecule has 5 atom stereocenters. The second kappa shape index (κ2) is 2.57. The van der Waals surface area contributed by atoms with Crippen LogP contribution in [-0.4, -0.2) is 29.4 Å². The van der Waals surface area contributed by atoms with Gasteiger partial charge in [-0.25, -0.2) is 0 Å². The van der Waals surface area contributed by atoms with Crippen molar-refractivity contribution in [1.82, 2.24) is 4.90 Å².